The van der Waals surface area contributed by atoms with E-state index in [0.717, 1.165) is 23.5 Å². The molecule has 176 valence electrons. The number of aliphatic imine (C=N–C) groups is 1. The van der Waals surface area contributed by atoms with Crippen LogP contribution in [-0.2, 0) is 17.3 Å². The lowest BCUT2D eigenvalue weighted by atomic mass is 10.0. The number of allylic oxidation sites excluding steroid dienone is 2. The molecule has 1 aromatic rings. The van der Waals surface area contributed by atoms with Gasteiger partial charge in [0, 0.05) is 18.8 Å². The minimum absolute atomic E-state index is 0.244. The van der Waals surface area contributed by atoms with Gasteiger partial charge in [0.25, 0.3) is 0 Å². The number of fused-ring (bicyclic) bond motifs is 1. The lowest BCUT2D eigenvalue weighted by Gasteiger charge is -2.38. The molecule has 1 aromatic carbocycles. The number of aryl methyl sites for hydroxylation is 1. The van der Waals surface area contributed by atoms with E-state index in [0.29, 0.717) is 37.2 Å². The SMILES string of the molecule is CCC1=NC(Br)N2CCN(C(=O)OC(C)(C)C)C(CCc3ccc(C(F)(F)F)c(F)c3)=C12. The monoisotopic (exact) mass is 519 g/mol. The molecule has 2 aliphatic heterocycles. The van der Waals surface area contributed by atoms with Gasteiger partial charge in [0.2, 0.25) is 0 Å². The fraction of sp³-hybridized carbons (Fsp3) is 0.545. The van der Waals surface area contributed by atoms with Gasteiger partial charge in [-0.1, -0.05) is 13.0 Å². The van der Waals surface area contributed by atoms with Crippen LogP contribution in [-0.4, -0.2) is 45.4 Å². The van der Waals surface area contributed by atoms with Crippen LogP contribution in [0.25, 0.3) is 0 Å². The zero-order valence-electron chi connectivity index (χ0n) is 18.4. The first-order valence-corrected chi connectivity index (χ1v) is 11.3. The van der Waals surface area contributed by atoms with Gasteiger partial charge in [-0.3, -0.25) is 9.89 Å². The molecule has 1 amide bonds. The quantitative estimate of drug-likeness (QED) is 0.275. The third-order valence-electron chi connectivity index (χ3n) is 5.18. The van der Waals surface area contributed by atoms with Crippen molar-refractivity contribution in [1.29, 1.82) is 0 Å². The molecule has 2 aliphatic rings. The minimum atomic E-state index is -4.74. The van der Waals surface area contributed by atoms with Crippen LogP contribution >= 0.6 is 15.9 Å². The van der Waals surface area contributed by atoms with Gasteiger partial charge in [0.1, 0.15) is 11.4 Å². The highest BCUT2D eigenvalue weighted by Crippen LogP contribution is 2.36. The van der Waals surface area contributed by atoms with Gasteiger partial charge in [0.05, 0.1) is 17.0 Å². The van der Waals surface area contributed by atoms with Crippen molar-refractivity contribution in [3.05, 3.63) is 46.5 Å². The topological polar surface area (TPSA) is 45.1 Å². The summed E-state index contributed by atoms with van der Waals surface area (Å²) in [5.74, 6) is -1.31. The molecular formula is C22H26BrF4N3O2. The van der Waals surface area contributed by atoms with Gasteiger partial charge in [-0.25, -0.2) is 9.18 Å². The number of hydrogen-bond acceptors (Lipinski definition) is 4. The van der Waals surface area contributed by atoms with Gasteiger partial charge in [0.15, 0.2) is 5.08 Å². The van der Waals surface area contributed by atoms with Crippen LogP contribution in [0.5, 0.6) is 0 Å². The molecule has 5 nitrogen and oxygen atoms in total. The van der Waals surface area contributed by atoms with Crippen LogP contribution in [0.2, 0.25) is 0 Å². The maximum absolute atomic E-state index is 14.0. The molecule has 2 heterocycles. The van der Waals surface area contributed by atoms with Crippen LogP contribution in [0.1, 0.15) is 51.7 Å². The molecule has 0 N–H and O–H groups in total. The number of alkyl halides is 4. The second-order valence-corrected chi connectivity index (χ2v) is 9.49. The van der Waals surface area contributed by atoms with Gasteiger partial charge >= 0.3 is 12.3 Å². The summed E-state index contributed by atoms with van der Waals surface area (Å²) in [4.78, 5) is 21.1. The lowest BCUT2D eigenvalue weighted by molar-refractivity contribution is -0.140. The number of rotatable bonds is 4. The van der Waals surface area contributed by atoms with E-state index in [4.69, 9.17) is 4.74 Å². The smallest absolute Gasteiger partial charge is 0.419 e. The van der Waals surface area contributed by atoms with E-state index in [2.05, 4.69) is 20.9 Å². The molecule has 0 bridgehead atoms. The van der Waals surface area contributed by atoms with Gasteiger partial charge in [-0.15, -0.1) is 0 Å². The van der Waals surface area contributed by atoms with Gasteiger partial charge < -0.3 is 9.64 Å². The van der Waals surface area contributed by atoms with E-state index < -0.39 is 29.3 Å². The lowest BCUT2D eigenvalue weighted by Crippen LogP contribution is -2.47. The Morgan fingerprint density at radius 2 is 1.91 bits per heavy atom. The average Bonchev–Trinajstić information content (AvgIpc) is 3.00. The van der Waals surface area contributed by atoms with Gasteiger partial charge in [-0.2, -0.15) is 13.2 Å². The third kappa shape index (κ3) is 5.27. The molecule has 0 fully saturated rings. The van der Waals surface area contributed by atoms with E-state index in [1.165, 1.54) is 6.07 Å². The van der Waals surface area contributed by atoms with Crippen LogP contribution < -0.4 is 0 Å². The standard InChI is InChI=1S/C22H26BrF4N3O2/c1-5-16-18-17(9-7-13-6-8-14(15(24)12-13)22(25,26)27)29(20(31)32-21(2,3)4)10-11-30(18)19(23)28-16/h6,8,12,19H,5,7,9-11H2,1-4H3. The summed E-state index contributed by atoms with van der Waals surface area (Å²) in [5.41, 5.74) is 0.755. The first-order chi connectivity index (χ1) is 14.8. The second-order valence-electron chi connectivity index (χ2n) is 8.67. The van der Waals surface area contributed by atoms with E-state index >= 15 is 0 Å². The first kappa shape index (κ1) is 24.5. The molecule has 32 heavy (non-hydrogen) atoms. The Labute approximate surface area is 193 Å². The van der Waals surface area contributed by atoms with Crippen molar-refractivity contribution in [1.82, 2.24) is 9.80 Å². The zero-order chi connectivity index (χ0) is 23.8. The fourth-order valence-corrected chi connectivity index (χ4v) is 4.45. The summed E-state index contributed by atoms with van der Waals surface area (Å²) in [5, 5.41) is -0.244. The molecule has 0 spiro atoms. The van der Waals surface area contributed by atoms with Gasteiger partial charge in [-0.05, 0) is 73.7 Å². The van der Waals surface area contributed by atoms with Crippen LogP contribution in [0.15, 0.2) is 34.6 Å². The molecule has 0 aromatic heterocycles. The zero-order valence-corrected chi connectivity index (χ0v) is 20.0. The van der Waals surface area contributed by atoms with E-state index in [-0.39, 0.29) is 11.5 Å². The number of carbonyl (C=O) groups excluding carboxylic acids is 1. The predicted molar refractivity (Wildman–Crippen MR) is 117 cm³/mol. The van der Waals surface area contributed by atoms with Crippen molar-refractivity contribution in [2.24, 2.45) is 4.99 Å². The van der Waals surface area contributed by atoms with E-state index in [1.54, 1.807) is 25.7 Å². The Morgan fingerprint density at radius 3 is 2.47 bits per heavy atom. The summed E-state index contributed by atoms with van der Waals surface area (Å²) in [6.45, 7) is 8.23. The molecule has 0 radical (unpaired) electrons. The maximum atomic E-state index is 14.0. The van der Waals surface area contributed by atoms with Crippen molar-refractivity contribution >= 4 is 27.7 Å². The first-order valence-electron chi connectivity index (χ1n) is 10.4. The molecule has 0 saturated carbocycles. The molecule has 3 rings (SSSR count). The highest BCUT2D eigenvalue weighted by Gasteiger charge is 2.39. The molecule has 0 saturated heterocycles. The van der Waals surface area contributed by atoms with Crippen molar-refractivity contribution in [2.45, 2.75) is 63.8 Å². The number of ether oxygens (including phenoxy) is 1. The summed E-state index contributed by atoms with van der Waals surface area (Å²) in [7, 11) is 0. The molecular weight excluding hydrogens is 494 g/mol. The normalized spacial score (nSPS) is 19.3. The van der Waals surface area contributed by atoms with Crippen molar-refractivity contribution < 1.29 is 27.1 Å². The minimum Gasteiger partial charge on any atom is -0.443 e. The predicted octanol–water partition coefficient (Wildman–Crippen LogP) is 6.08. The number of benzene rings is 1. The Bertz CT molecular complexity index is 953. The van der Waals surface area contributed by atoms with Crippen LogP contribution in [0, 0.1) is 5.82 Å². The van der Waals surface area contributed by atoms with E-state index in [1.807, 2.05) is 11.8 Å². The summed E-state index contributed by atoms with van der Waals surface area (Å²) in [6, 6.07) is 2.93. The summed E-state index contributed by atoms with van der Waals surface area (Å²) in [6.07, 6.45) is -4.02. The number of nitrogens with zero attached hydrogens (tertiary/aromatic N) is 3. The third-order valence-corrected chi connectivity index (χ3v) is 5.88. The number of halogens is 5. The molecule has 1 atom stereocenters. The highest BCUT2D eigenvalue weighted by atomic mass is 79.9. The van der Waals surface area contributed by atoms with Crippen molar-refractivity contribution in [2.75, 3.05) is 13.1 Å². The molecule has 1 unspecified atom stereocenters. The largest absolute Gasteiger partial charge is 0.443 e. The maximum Gasteiger partial charge on any atom is 0.419 e. The average molecular weight is 520 g/mol. The Balaban J connectivity index is 1.93. The van der Waals surface area contributed by atoms with Crippen LogP contribution in [0.4, 0.5) is 22.4 Å². The fourth-order valence-electron chi connectivity index (χ4n) is 3.79. The Morgan fingerprint density at radius 1 is 1.22 bits per heavy atom. The Kier molecular flexibility index (Phi) is 6.93. The van der Waals surface area contributed by atoms with Crippen molar-refractivity contribution in [3.8, 4) is 0 Å². The Hall–Kier alpha value is -2.10. The number of carbonyl (C=O) groups is 1. The van der Waals surface area contributed by atoms with Crippen LogP contribution in [0.3, 0.4) is 0 Å². The molecule has 0 aliphatic carbocycles. The molecule has 10 heteroatoms. The summed E-state index contributed by atoms with van der Waals surface area (Å²) < 4.78 is 58.2. The number of hydrogen-bond donors (Lipinski definition) is 0. The second kappa shape index (κ2) is 9.03. The highest BCUT2D eigenvalue weighted by molar-refractivity contribution is 9.09. The summed E-state index contributed by atoms with van der Waals surface area (Å²) >= 11 is 3.54. The van der Waals surface area contributed by atoms with E-state index in [9.17, 15) is 22.4 Å². The number of amides is 1. The van der Waals surface area contributed by atoms with Crippen molar-refractivity contribution in [3.63, 3.8) is 0 Å².